The summed E-state index contributed by atoms with van der Waals surface area (Å²) in [6.45, 7) is 1.34. The Morgan fingerprint density at radius 3 is 2.52 bits per heavy atom. The number of aromatic nitrogens is 4. The molecule has 0 aliphatic rings. The van der Waals surface area contributed by atoms with Crippen molar-refractivity contribution in [3.05, 3.63) is 78.3 Å². The molecule has 0 saturated carbocycles. The zero-order valence-electron chi connectivity index (χ0n) is 16.4. The monoisotopic (exact) mass is 420 g/mol. The molecular weight excluding hydrogens is 403 g/mol. The molecule has 2 N–H and O–H groups in total. The van der Waals surface area contributed by atoms with Gasteiger partial charge in [0.15, 0.2) is 0 Å². The third-order valence-electron chi connectivity index (χ3n) is 4.45. The van der Waals surface area contributed by atoms with Crippen LogP contribution in [0.4, 0.5) is 10.1 Å². The van der Waals surface area contributed by atoms with Crippen LogP contribution >= 0.6 is 0 Å². The van der Waals surface area contributed by atoms with Crippen molar-refractivity contribution in [3.63, 3.8) is 0 Å². The van der Waals surface area contributed by atoms with Crippen molar-refractivity contribution in [2.75, 3.05) is 11.9 Å². The minimum absolute atomic E-state index is 0.191. The van der Waals surface area contributed by atoms with Crippen LogP contribution < -0.4 is 10.6 Å². The van der Waals surface area contributed by atoms with Gasteiger partial charge in [-0.25, -0.2) is 14.1 Å². The molecule has 2 aromatic heterocycles. The van der Waals surface area contributed by atoms with Gasteiger partial charge in [0.05, 0.1) is 12.2 Å². The Morgan fingerprint density at radius 1 is 1.10 bits per heavy atom. The Hall–Kier alpha value is -4.34. The Balaban J connectivity index is 1.38. The number of halogens is 1. The van der Waals surface area contributed by atoms with Gasteiger partial charge in [0, 0.05) is 11.3 Å². The fourth-order valence-corrected chi connectivity index (χ4v) is 2.94. The summed E-state index contributed by atoms with van der Waals surface area (Å²) in [5.74, 6) is -1.03. The van der Waals surface area contributed by atoms with Crippen LogP contribution in [0.2, 0.25) is 0 Å². The zero-order chi connectivity index (χ0) is 21.8. The predicted molar refractivity (Wildman–Crippen MR) is 109 cm³/mol. The SMILES string of the molecule is Cc1onc(-c2ccc(F)cc2)c1C(=O)NCC(=O)Nc1ccc(-n2cncn2)cc1. The number of amides is 2. The molecule has 2 aromatic carbocycles. The number of carbonyl (C=O) groups excluding carboxylic acids is 2. The van der Waals surface area contributed by atoms with Crippen LogP contribution in [0, 0.1) is 12.7 Å². The largest absolute Gasteiger partial charge is 0.360 e. The van der Waals surface area contributed by atoms with E-state index in [1.54, 1.807) is 42.2 Å². The van der Waals surface area contributed by atoms with Gasteiger partial charge in [-0.3, -0.25) is 9.59 Å². The van der Waals surface area contributed by atoms with Gasteiger partial charge in [-0.2, -0.15) is 5.10 Å². The molecule has 2 amide bonds. The maximum atomic E-state index is 13.2. The van der Waals surface area contributed by atoms with Gasteiger partial charge in [0.25, 0.3) is 5.91 Å². The number of nitrogens with one attached hydrogen (secondary N) is 2. The smallest absolute Gasteiger partial charge is 0.257 e. The van der Waals surface area contributed by atoms with Gasteiger partial charge < -0.3 is 15.2 Å². The van der Waals surface area contributed by atoms with E-state index in [0.717, 1.165) is 5.69 Å². The molecule has 31 heavy (non-hydrogen) atoms. The number of hydrogen-bond donors (Lipinski definition) is 2. The molecule has 0 bridgehead atoms. The number of anilines is 1. The second-order valence-corrected chi connectivity index (χ2v) is 6.59. The normalized spacial score (nSPS) is 10.6. The lowest BCUT2D eigenvalue weighted by molar-refractivity contribution is -0.115. The van der Waals surface area contributed by atoms with Gasteiger partial charge in [0.1, 0.15) is 35.5 Å². The minimum Gasteiger partial charge on any atom is -0.360 e. The van der Waals surface area contributed by atoms with Crippen LogP contribution in [0.5, 0.6) is 0 Å². The lowest BCUT2D eigenvalue weighted by Gasteiger charge is -2.08. The lowest BCUT2D eigenvalue weighted by atomic mass is 10.1. The second-order valence-electron chi connectivity index (χ2n) is 6.59. The van der Waals surface area contributed by atoms with Crippen molar-refractivity contribution in [1.29, 1.82) is 0 Å². The van der Waals surface area contributed by atoms with Gasteiger partial charge in [-0.1, -0.05) is 5.16 Å². The topological polar surface area (TPSA) is 115 Å². The van der Waals surface area contributed by atoms with Crippen LogP contribution in [-0.2, 0) is 4.79 Å². The number of nitrogens with zero attached hydrogens (tertiary/aromatic N) is 4. The molecule has 0 spiro atoms. The number of rotatable bonds is 6. The summed E-state index contributed by atoms with van der Waals surface area (Å²) < 4.78 is 19.9. The van der Waals surface area contributed by atoms with Crippen molar-refractivity contribution in [2.24, 2.45) is 0 Å². The molecule has 4 aromatic rings. The first-order valence-electron chi connectivity index (χ1n) is 9.26. The first kappa shape index (κ1) is 20.0. The fourth-order valence-electron chi connectivity index (χ4n) is 2.94. The first-order chi connectivity index (χ1) is 15.0. The van der Waals surface area contributed by atoms with Crippen LogP contribution in [0.3, 0.4) is 0 Å². The number of carbonyl (C=O) groups is 2. The van der Waals surface area contributed by atoms with Gasteiger partial charge in [-0.15, -0.1) is 0 Å². The molecule has 156 valence electrons. The highest BCUT2D eigenvalue weighted by atomic mass is 19.1. The summed E-state index contributed by atoms with van der Waals surface area (Å²) in [7, 11) is 0. The first-order valence-corrected chi connectivity index (χ1v) is 9.26. The summed E-state index contributed by atoms with van der Waals surface area (Å²) in [5.41, 5.74) is 2.35. The number of hydrogen-bond acceptors (Lipinski definition) is 6. The molecule has 4 rings (SSSR count). The third-order valence-corrected chi connectivity index (χ3v) is 4.45. The molecule has 2 heterocycles. The molecule has 0 fully saturated rings. The van der Waals surface area contributed by atoms with Crippen LogP contribution in [-0.4, -0.2) is 38.3 Å². The number of benzene rings is 2. The van der Waals surface area contributed by atoms with Crippen LogP contribution in [0.1, 0.15) is 16.1 Å². The van der Waals surface area contributed by atoms with E-state index < -0.39 is 17.6 Å². The van der Waals surface area contributed by atoms with Crippen molar-refractivity contribution in [1.82, 2.24) is 25.2 Å². The van der Waals surface area contributed by atoms with Crippen molar-refractivity contribution in [2.45, 2.75) is 6.92 Å². The summed E-state index contributed by atoms with van der Waals surface area (Å²) in [5, 5.41) is 13.2. The van der Waals surface area contributed by atoms with Crippen LogP contribution in [0.25, 0.3) is 16.9 Å². The Bertz CT molecular complexity index is 1200. The van der Waals surface area contributed by atoms with Crippen LogP contribution in [0.15, 0.2) is 65.7 Å². The minimum atomic E-state index is -0.519. The van der Waals surface area contributed by atoms with Crippen molar-refractivity contribution < 1.29 is 18.5 Å². The molecule has 0 atom stereocenters. The highest BCUT2D eigenvalue weighted by Gasteiger charge is 2.22. The third kappa shape index (κ3) is 4.47. The molecule has 10 heteroatoms. The summed E-state index contributed by atoms with van der Waals surface area (Å²) in [6.07, 6.45) is 2.99. The molecule has 0 unspecified atom stereocenters. The molecule has 0 aliphatic carbocycles. The van der Waals surface area contributed by atoms with E-state index >= 15 is 0 Å². The maximum Gasteiger partial charge on any atom is 0.257 e. The van der Waals surface area contributed by atoms with E-state index in [1.807, 2.05) is 0 Å². The maximum absolute atomic E-state index is 13.2. The molecule has 9 nitrogen and oxygen atoms in total. The zero-order valence-corrected chi connectivity index (χ0v) is 16.4. The van der Waals surface area contributed by atoms with Crippen molar-refractivity contribution >= 4 is 17.5 Å². The second kappa shape index (κ2) is 8.57. The summed E-state index contributed by atoms with van der Waals surface area (Å²) in [4.78, 5) is 28.8. The fraction of sp³-hybridized carbons (Fsp3) is 0.0952. The van der Waals surface area contributed by atoms with Crippen molar-refractivity contribution in [3.8, 4) is 16.9 Å². The highest BCUT2D eigenvalue weighted by Crippen LogP contribution is 2.25. The molecule has 0 aliphatic heterocycles. The standard InChI is InChI=1S/C21H17FN6O3/c1-13-19(20(27-31-13)14-2-4-15(22)5-3-14)21(30)24-10-18(29)26-16-6-8-17(9-7-16)28-12-23-11-25-28/h2-9,11-12H,10H2,1H3,(H,24,30)(H,26,29). The van der Waals surface area contributed by atoms with E-state index in [1.165, 1.54) is 30.6 Å². The van der Waals surface area contributed by atoms with Gasteiger partial charge >= 0.3 is 0 Å². The van der Waals surface area contributed by atoms with E-state index in [2.05, 4.69) is 25.9 Å². The van der Waals surface area contributed by atoms with E-state index in [9.17, 15) is 14.0 Å². The number of aryl methyl sites for hydroxylation is 1. The van der Waals surface area contributed by atoms with E-state index in [4.69, 9.17) is 4.52 Å². The summed E-state index contributed by atoms with van der Waals surface area (Å²) >= 11 is 0. The quantitative estimate of drug-likeness (QED) is 0.496. The Kier molecular flexibility index (Phi) is 5.52. The predicted octanol–water partition coefficient (Wildman–Crippen LogP) is 2.74. The lowest BCUT2D eigenvalue weighted by Crippen LogP contribution is -2.33. The average molecular weight is 420 g/mol. The average Bonchev–Trinajstić information content (AvgIpc) is 3.43. The highest BCUT2D eigenvalue weighted by molar-refractivity contribution is 6.03. The van der Waals surface area contributed by atoms with Gasteiger partial charge in [0.2, 0.25) is 5.91 Å². The van der Waals surface area contributed by atoms with E-state index in [-0.39, 0.29) is 17.8 Å². The van der Waals surface area contributed by atoms with Gasteiger partial charge in [-0.05, 0) is 55.5 Å². The van der Waals surface area contributed by atoms with E-state index in [0.29, 0.717) is 17.0 Å². The molecular formula is C21H17FN6O3. The Labute approximate surface area is 175 Å². The summed E-state index contributed by atoms with van der Waals surface area (Å²) in [6, 6.07) is 12.5. The Morgan fingerprint density at radius 2 is 1.84 bits per heavy atom. The molecule has 0 radical (unpaired) electrons. The molecule has 0 saturated heterocycles.